The summed E-state index contributed by atoms with van der Waals surface area (Å²) in [6.07, 6.45) is 0.546. The van der Waals surface area contributed by atoms with Gasteiger partial charge >= 0.3 is 5.97 Å². The first-order chi connectivity index (χ1) is 13.4. The quantitative estimate of drug-likeness (QED) is 0.593. The number of fused-ring (bicyclic) bond motifs is 1. The van der Waals surface area contributed by atoms with Crippen molar-refractivity contribution in [3.05, 3.63) is 64.0 Å². The van der Waals surface area contributed by atoms with Gasteiger partial charge < -0.3 is 9.30 Å². The molecule has 3 aromatic rings. The zero-order valence-electron chi connectivity index (χ0n) is 16.6. The van der Waals surface area contributed by atoms with Gasteiger partial charge in [-0.2, -0.15) is 4.99 Å². The van der Waals surface area contributed by atoms with Crippen LogP contribution in [0.1, 0.15) is 47.8 Å². The molecule has 0 radical (unpaired) electrons. The molecule has 1 unspecified atom stereocenters. The minimum Gasteiger partial charge on any atom is -0.464 e. The van der Waals surface area contributed by atoms with Gasteiger partial charge in [0.15, 0.2) is 4.80 Å². The summed E-state index contributed by atoms with van der Waals surface area (Å²) in [6, 6.07) is 12.8. The third-order valence-electron chi connectivity index (χ3n) is 4.53. The molecule has 0 spiro atoms. The molecule has 5 nitrogen and oxygen atoms in total. The van der Waals surface area contributed by atoms with Gasteiger partial charge in [0.1, 0.15) is 6.04 Å². The Morgan fingerprint density at radius 1 is 1.07 bits per heavy atom. The monoisotopic (exact) mass is 396 g/mol. The highest BCUT2D eigenvalue weighted by Crippen LogP contribution is 2.24. The van der Waals surface area contributed by atoms with E-state index in [4.69, 9.17) is 4.74 Å². The second-order valence-corrected chi connectivity index (χ2v) is 7.69. The van der Waals surface area contributed by atoms with Crippen LogP contribution in [0.5, 0.6) is 0 Å². The van der Waals surface area contributed by atoms with Crippen LogP contribution in [-0.4, -0.2) is 23.1 Å². The van der Waals surface area contributed by atoms with Gasteiger partial charge in [-0.25, -0.2) is 4.79 Å². The lowest BCUT2D eigenvalue weighted by atomic mass is 10.1. The summed E-state index contributed by atoms with van der Waals surface area (Å²) < 4.78 is 8.09. The largest absolute Gasteiger partial charge is 0.464 e. The number of nitrogens with zero attached hydrogens (tertiary/aromatic N) is 2. The van der Waals surface area contributed by atoms with Gasteiger partial charge in [0.05, 0.1) is 16.8 Å². The number of hydrogen-bond acceptors (Lipinski definition) is 4. The molecule has 3 rings (SSSR count). The standard InChI is InChI=1S/C22H24N2O3S/c1-5-17(21(26)27-6-2)24-18-12-9-15(4)13-19(18)28-22(24)23-20(25)16-10-7-14(3)8-11-16/h7-13,17H,5-6H2,1-4H3. The maximum atomic E-state index is 12.7. The van der Waals surface area contributed by atoms with E-state index in [1.165, 1.54) is 11.3 Å². The third kappa shape index (κ3) is 4.07. The number of carbonyl (C=O) groups is 2. The lowest BCUT2D eigenvalue weighted by molar-refractivity contribution is -0.147. The van der Waals surface area contributed by atoms with E-state index in [1.807, 2.05) is 55.7 Å². The van der Waals surface area contributed by atoms with E-state index in [9.17, 15) is 9.59 Å². The molecule has 1 atom stereocenters. The molecule has 6 heteroatoms. The van der Waals surface area contributed by atoms with Gasteiger partial charge in [-0.15, -0.1) is 0 Å². The van der Waals surface area contributed by atoms with Crippen molar-refractivity contribution < 1.29 is 14.3 Å². The lowest BCUT2D eigenvalue weighted by Gasteiger charge is -2.16. The predicted octanol–water partition coefficient (Wildman–Crippen LogP) is 4.57. The van der Waals surface area contributed by atoms with Crippen molar-refractivity contribution in [2.75, 3.05) is 6.61 Å². The van der Waals surface area contributed by atoms with Crippen molar-refractivity contribution in [2.45, 2.75) is 40.2 Å². The Kier molecular flexibility index (Phi) is 6.09. The summed E-state index contributed by atoms with van der Waals surface area (Å²) >= 11 is 1.41. The van der Waals surface area contributed by atoms with Crippen molar-refractivity contribution in [3.8, 4) is 0 Å². The summed E-state index contributed by atoms with van der Waals surface area (Å²) in [5.41, 5.74) is 3.60. The van der Waals surface area contributed by atoms with E-state index in [1.54, 1.807) is 19.1 Å². The van der Waals surface area contributed by atoms with Crippen LogP contribution < -0.4 is 4.80 Å². The highest BCUT2D eigenvalue weighted by atomic mass is 32.1. The molecular weight excluding hydrogens is 372 g/mol. The fourth-order valence-corrected chi connectivity index (χ4v) is 4.24. The number of hydrogen-bond donors (Lipinski definition) is 0. The molecule has 0 aliphatic rings. The average molecular weight is 397 g/mol. The number of aromatic nitrogens is 1. The Balaban J connectivity index is 2.19. The first kappa shape index (κ1) is 20.0. The van der Waals surface area contributed by atoms with Crippen LogP contribution >= 0.6 is 11.3 Å². The minimum absolute atomic E-state index is 0.311. The van der Waals surface area contributed by atoms with Crippen molar-refractivity contribution in [1.29, 1.82) is 0 Å². The van der Waals surface area contributed by atoms with Crippen LogP contribution in [0.3, 0.4) is 0 Å². The zero-order chi connectivity index (χ0) is 20.3. The fourth-order valence-electron chi connectivity index (χ4n) is 3.07. The number of benzene rings is 2. The van der Waals surface area contributed by atoms with Crippen molar-refractivity contribution in [1.82, 2.24) is 4.57 Å². The maximum Gasteiger partial charge on any atom is 0.329 e. The molecule has 2 aromatic carbocycles. The molecule has 0 saturated heterocycles. The Bertz CT molecular complexity index is 1080. The van der Waals surface area contributed by atoms with Gasteiger partial charge in [-0.3, -0.25) is 4.79 Å². The van der Waals surface area contributed by atoms with E-state index in [2.05, 4.69) is 4.99 Å². The second kappa shape index (κ2) is 8.52. The minimum atomic E-state index is -0.527. The Labute approximate surface area is 168 Å². The molecule has 1 heterocycles. The normalized spacial score (nSPS) is 12.9. The van der Waals surface area contributed by atoms with Crippen LogP contribution in [0.15, 0.2) is 47.5 Å². The van der Waals surface area contributed by atoms with Crippen molar-refractivity contribution in [2.24, 2.45) is 4.99 Å². The highest BCUT2D eigenvalue weighted by Gasteiger charge is 2.24. The zero-order valence-corrected chi connectivity index (χ0v) is 17.4. The molecule has 0 bridgehead atoms. The van der Waals surface area contributed by atoms with E-state index in [0.29, 0.717) is 23.4 Å². The van der Waals surface area contributed by atoms with E-state index >= 15 is 0 Å². The smallest absolute Gasteiger partial charge is 0.329 e. The number of thiazole rings is 1. The maximum absolute atomic E-state index is 12.7. The third-order valence-corrected chi connectivity index (χ3v) is 5.55. The predicted molar refractivity (Wildman–Crippen MR) is 112 cm³/mol. The molecule has 1 amide bonds. The van der Waals surface area contributed by atoms with Crippen LogP contribution in [-0.2, 0) is 9.53 Å². The number of rotatable bonds is 5. The van der Waals surface area contributed by atoms with Crippen LogP contribution in [0.25, 0.3) is 10.2 Å². The molecule has 0 aliphatic carbocycles. The highest BCUT2D eigenvalue weighted by molar-refractivity contribution is 7.16. The summed E-state index contributed by atoms with van der Waals surface area (Å²) in [5.74, 6) is -0.634. The Morgan fingerprint density at radius 2 is 1.75 bits per heavy atom. The van der Waals surface area contributed by atoms with E-state index in [-0.39, 0.29) is 11.9 Å². The van der Waals surface area contributed by atoms with Gasteiger partial charge in [0.2, 0.25) is 0 Å². The van der Waals surface area contributed by atoms with Crippen molar-refractivity contribution >= 4 is 33.4 Å². The van der Waals surface area contributed by atoms with E-state index < -0.39 is 6.04 Å². The van der Waals surface area contributed by atoms with Gasteiger partial charge in [0, 0.05) is 5.56 Å². The van der Waals surface area contributed by atoms with Gasteiger partial charge in [-0.05, 0) is 57.0 Å². The second-order valence-electron chi connectivity index (χ2n) is 6.68. The van der Waals surface area contributed by atoms with Crippen LogP contribution in [0.4, 0.5) is 0 Å². The SMILES string of the molecule is CCOC(=O)C(CC)n1c(=NC(=O)c2ccc(C)cc2)sc2cc(C)ccc21. The molecule has 0 saturated carbocycles. The number of amides is 1. The topological polar surface area (TPSA) is 60.7 Å². The first-order valence-corrected chi connectivity index (χ1v) is 10.2. The molecule has 0 N–H and O–H groups in total. The van der Waals surface area contributed by atoms with Crippen LogP contribution in [0, 0.1) is 13.8 Å². The fraction of sp³-hybridized carbons (Fsp3) is 0.318. The molecule has 1 aromatic heterocycles. The van der Waals surface area contributed by atoms with Gasteiger partial charge in [0.25, 0.3) is 5.91 Å². The van der Waals surface area contributed by atoms with Crippen LogP contribution in [0.2, 0.25) is 0 Å². The average Bonchev–Trinajstić information content (AvgIpc) is 3.00. The molecule has 0 fully saturated rings. The summed E-state index contributed by atoms with van der Waals surface area (Å²) in [4.78, 5) is 30.2. The number of ether oxygens (including phenoxy) is 1. The van der Waals surface area contributed by atoms with Gasteiger partial charge in [-0.1, -0.05) is 42.0 Å². The van der Waals surface area contributed by atoms with E-state index in [0.717, 1.165) is 21.3 Å². The Hall–Kier alpha value is -2.73. The number of esters is 1. The summed E-state index contributed by atoms with van der Waals surface area (Å²) in [5, 5.41) is 0. The first-order valence-electron chi connectivity index (χ1n) is 9.38. The number of aryl methyl sites for hydroxylation is 2. The Morgan fingerprint density at radius 3 is 2.39 bits per heavy atom. The molecular formula is C22H24N2O3S. The lowest BCUT2D eigenvalue weighted by Crippen LogP contribution is -2.29. The molecule has 28 heavy (non-hydrogen) atoms. The van der Waals surface area contributed by atoms with Crippen molar-refractivity contribution in [3.63, 3.8) is 0 Å². The summed E-state index contributed by atoms with van der Waals surface area (Å²) in [6.45, 7) is 8.01. The molecule has 0 aliphatic heterocycles. The number of carbonyl (C=O) groups excluding carboxylic acids is 2. The molecule has 146 valence electrons. The summed E-state index contributed by atoms with van der Waals surface area (Å²) in [7, 11) is 0.